The summed E-state index contributed by atoms with van der Waals surface area (Å²) in [4.78, 5) is 13.1. The number of aryl methyl sites for hydroxylation is 2. The van der Waals surface area contributed by atoms with E-state index in [1.807, 2.05) is 80.6 Å². The molecule has 0 spiro atoms. The lowest BCUT2D eigenvalue weighted by molar-refractivity contribution is 0.101. The summed E-state index contributed by atoms with van der Waals surface area (Å²) in [5, 5.41) is 2.93. The van der Waals surface area contributed by atoms with Gasteiger partial charge < -0.3 is 9.88 Å². The molecule has 0 bridgehead atoms. The van der Waals surface area contributed by atoms with Gasteiger partial charge in [0.2, 0.25) is 0 Å². The lowest BCUT2D eigenvalue weighted by Gasteiger charge is -2.14. The van der Waals surface area contributed by atoms with Crippen LogP contribution in [0.2, 0.25) is 0 Å². The minimum Gasteiger partial charge on any atom is -0.329 e. The van der Waals surface area contributed by atoms with Crippen LogP contribution in [-0.2, 0) is 17.1 Å². The Morgan fingerprint density at radius 1 is 0.818 bits per heavy atom. The molecular formula is C26H25N3O3S. The fraction of sp³-hybridized carbons (Fsp3) is 0.115. The Morgan fingerprint density at radius 3 is 2.27 bits per heavy atom. The van der Waals surface area contributed by atoms with Gasteiger partial charge in [-0.25, -0.2) is 0 Å². The number of carbonyl (C=O) groups is 1. The van der Waals surface area contributed by atoms with Crippen LogP contribution in [0.4, 0.5) is 11.4 Å². The van der Waals surface area contributed by atoms with Crippen LogP contribution in [0.1, 0.15) is 21.6 Å². The van der Waals surface area contributed by atoms with Crippen molar-refractivity contribution in [1.29, 1.82) is 0 Å². The van der Waals surface area contributed by atoms with E-state index in [0.29, 0.717) is 11.4 Å². The van der Waals surface area contributed by atoms with Gasteiger partial charge in [0.05, 0.1) is 5.69 Å². The molecule has 6 nitrogen and oxygen atoms in total. The van der Waals surface area contributed by atoms with Crippen molar-refractivity contribution in [3.05, 3.63) is 102 Å². The number of para-hydroxylation sites is 1. The summed E-state index contributed by atoms with van der Waals surface area (Å²) in [5.41, 5.74) is 5.01. The van der Waals surface area contributed by atoms with Crippen LogP contribution in [0.3, 0.4) is 0 Å². The molecule has 0 radical (unpaired) electrons. The Labute approximate surface area is 194 Å². The van der Waals surface area contributed by atoms with E-state index < -0.39 is 15.9 Å². The third kappa shape index (κ3) is 4.68. The summed E-state index contributed by atoms with van der Waals surface area (Å²) in [6.45, 7) is 3.74. The number of anilines is 2. The maximum Gasteiger partial charge on any atom is 0.277 e. The predicted molar refractivity (Wildman–Crippen MR) is 132 cm³/mol. The molecule has 0 aliphatic heterocycles. The molecule has 168 valence electrons. The van der Waals surface area contributed by atoms with Gasteiger partial charge in [-0.05, 0) is 54.8 Å². The number of hydrogen-bond acceptors (Lipinski definition) is 3. The topological polar surface area (TPSA) is 80.2 Å². The van der Waals surface area contributed by atoms with Crippen LogP contribution in [0.15, 0.2) is 90.0 Å². The first-order valence-electron chi connectivity index (χ1n) is 10.5. The number of aromatic nitrogens is 1. The smallest absolute Gasteiger partial charge is 0.277 e. The first-order valence-corrected chi connectivity index (χ1v) is 12.0. The first-order chi connectivity index (χ1) is 15.8. The van der Waals surface area contributed by atoms with Crippen molar-refractivity contribution >= 4 is 27.3 Å². The number of rotatable bonds is 6. The van der Waals surface area contributed by atoms with Crippen molar-refractivity contribution in [2.45, 2.75) is 18.9 Å². The number of amides is 1. The lowest BCUT2D eigenvalue weighted by atomic mass is 10.0. The first kappa shape index (κ1) is 22.4. The van der Waals surface area contributed by atoms with Crippen molar-refractivity contribution < 1.29 is 13.2 Å². The van der Waals surface area contributed by atoms with Crippen molar-refractivity contribution in [3.63, 3.8) is 0 Å². The van der Waals surface area contributed by atoms with Crippen molar-refractivity contribution in [2.75, 3.05) is 10.0 Å². The molecule has 7 heteroatoms. The predicted octanol–water partition coefficient (Wildman–Crippen LogP) is 5.36. The summed E-state index contributed by atoms with van der Waals surface area (Å²) in [7, 11) is -2.32. The molecule has 0 aliphatic carbocycles. The van der Waals surface area contributed by atoms with Gasteiger partial charge in [0.1, 0.15) is 5.69 Å². The summed E-state index contributed by atoms with van der Waals surface area (Å²) in [5.74, 6) is -0.394. The van der Waals surface area contributed by atoms with Crippen LogP contribution in [0.5, 0.6) is 0 Å². The van der Waals surface area contributed by atoms with E-state index in [2.05, 4.69) is 10.0 Å². The van der Waals surface area contributed by atoms with Crippen molar-refractivity contribution in [2.24, 2.45) is 7.05 Å². The molecule has 3 aromatic carbocycles. The average molecular weight is 460 g/mol. The Kier molecular flexibility index (Phi) is 6.07. The third-order valence-electron chi connectivity index (χ3n) is 5.48. The van der Waals surface area contributed by atoms with Gasteiger partial charge in [-0.2, -0.15) is 8.42 Å². The highest BCUT2D eigenvalue weighted by Gasteiger charge is 2.23. The zero-order valence-electron chi connectivity index (χ0n) is 18.7. The van der Waals surface area contributed by atoms with Crippen LogP contribution < -0.4 is 10.0 Å². The molecule has 33 heavy (non-hydrogen) atoms. The number of nitrogens with one attached hydrogen (secondary N) is 2. The number of carbonyl (C=O) groups excluding carboxylic acids is 1. The summed E-state index contributed by atoms with van der Waals surface area (Å²) < 4.78 is 30.1. The van der Waals surface area contributed by atoms with Gasteiger partial charge in [-0.1, -0.05) is 60.7 Å². The summed E-state index contributed by atoms with van der Waals surface area (Å²) in [6.07, 6.45) is 0. The molecule has 0 saturated heterocycles. The highest BCUT2D eigenvalue weighted by Crippen LogP contribution is 2.28. The average Bonchev–Trinajstić information content (AvgIpc) is 3.19. The minimum absolute atomic E-state index is 0.00454. The zero-order valence-corrected chi connectivity index (χ0v) is 19.5. The number of sulfonamides is 1. The van der Waals surface area contributed by atoms with E-state index in [0.717, 1.165) is 22.3 Å². The minimum atomic E-state index is -3.89. The molecule has 2 N–H and O–H groups in total. The molecular weight excluding hydrogens is 434 g/mol. The molecule has 1 heterocycles. The van der Waals surface area contributed by atoms with Gasteiger partial charge in [-0.3, -0.25) is 9.52 Å². The number of benzene rings is 3. The van der Waals surface area contributed by atoms with E-state index in [1.165, 1.54) is 16.7 Å². The second-order valence-corrected chi connectivity index (χ2v) is 9.53. The third-order valence-corrected chi connectivity index (χ3v) is 6.93. The highest BCUT2D eigenvalue weighted by molar-refractivity contribution is 7.92. The lowest BCUT2D eigenvalue weighted by Crippen LogP contribution is -2.21. The van der Waals surface area contributed by atoms with E-state index >= 15 is 0 Å². The Hall–Kier alpha value is -3.84. The molecule has 4 rings (SSSR count). The summed E-state index contributed by atoms with van der Waals surface area (Å²) >= 11 is 0. The zero-order chi connectivity index (χ0) is 23.6. The molecule has 0 fully saturated rings. The maximum absolute atomic E-state index is 13.1. The van der Waals surface area contributed by atoms with Crippen LogP contribution in [0, 0.1) is 13.8 Å². The van der Waals surface area contributed by atoms with Crippen LogP contribution >= 0.6 is 0 Å². The second kappa shape index (κ2) is 8.96. The fourth-order valence-corrected chi connectivity index (χ4v) is 5.00. The molecule has 0 atom stereocenters. The monoisotopic (exact) mass is 459 g/mol. The van der Waals surface area contributed by atoms with E-state index in [1.54, 1.807) is 13.1 Å². The molecule has 0 unspecified atom stereocenters. The molecule has 1 amide bonds. The van der Waals surface area contributed by atoms with Crippen molar-refractivity contribution in [1.82, 2.24) is 4.57 Å². The Morgan fingerprint density at radius 2 is 1.52 bits per heavy atom. The van der Waals surface area contributed by atoms with Gasteiger partial charge in [0.15, 0.2) is 5.03 Å². The van der Waals surface area contributed by atoms with E-state index in [9.17, 15) is 13.2 Å². The van der Waals surface area contributed by atoms with Crippen LogP contribution in [0.25, 0.3) is 11.1 Å². The van der Waals surface area contributed by atoms with E-state index in [4.69, 9.17) is 0 Å². The fourth-order valence-electron chi connectivity index (χ4n) is 3.68. The Balaban J connectivity index is 1.61. The van der Waals surface area contributed by atoms with E-state index in [-0.39, 0.29) is 10.7 Å². The molecule has 4 aromatic rings. The van der Waals surface area contributed by atoms with Crippen LogP contribution in [-0.4, -0.2) is 18.9 Å². The number of nitrogens with zero attached hydrogens (tertiary/aromatic N) is 1. The largest absolute Gasteiger partial charge is 0.329 e. The normalized spacial score (nSPS) is 11.2. The standard InChI is InChI=1S/C26H25N3O3S/c1-18-13-14-19(2)23(17-18)28-33(31,32)25-16-15-24(29(25)3)26(30)27-22-12-8-7-11-21(22)20-9-5-4-6-10-20/h4-17,28H,1-3H3,(H,27,30). The highest BCUT2D eigenvalue weighted by atomic mass is 32.2. The Bertz CT molecular complexity index is 1420. The van der Waals surface area contributed by atoms with Crippen molar-refractivity contribution in [3.8, 4) is 11.1 Å². The number of hydrogen-bond donors (Lipinski definition) is 2. The summed E-state index contributed by atoms with van der Waals surface area (Å²) in [6, 6.07) is 25.8. The molecule has 0 aliphatic rings. The second-order valence-electron chi connectivity index (χ2n) is 7.91. The van der Waals surface area contributed by atoms with Gasteiger partial charge >= 0.3 is 0 Å². The maximum atomic E-state index is 13.1. The van der Waals surface area contributed by atoms with Gasteiger partial charge in [0, 0.05) is 18.3 Å². The molecule has 1 aromatic heterocycles. The quantitative estimate of drug-likeness (QED) is 0.407. The molecule has 0 saturated carbocycles. The van der Waals surface area contributed by atoms with Gasteiger partial charge in [0.25, 0.3) is 15.9 Å². The SMILES string of the molecule is Cc1ccc(C)c(NS(=O)(=O)c2ccc(C(=O)Nc3ccccc3-c3ccccc3)n2C)c1. The van der Waals surface area contributed by atoms with Gasteiger partial charge in [-0.15, -0.1) is 0 Å².